The van der Waals surface area contributed by atoms with Crippen molar-refractivity contribution < 1.29 is 45.8 Å². The summed E-state index contributed by atoms with van der Waals surface area (Å²) in [5.41, 5.74) is 4.21. The van der Waals surface area contributed by atoms with E-state index in [1.54, 1.807) is 21.9 Å². The van der Waals surface area contributed by atoms with Crippen molar-refractivity contribution >= 4 is 23.7 Å². The van der Waals surface area contributed by atoms with Gasteiger partial charge in [0, 0.05) is 68.6 Å². The molecule has 3 fully saturated rings. The fourth-order valence-electron chi connectivity index (χ4n) is 8.48. The van der Waals surface area contributed by atoms with Gasteiger partial charge in [-0.05, 0) is 93.7 Å². The number of urea groups is 1. The Bertz CT molecular complexity index is 1640. The monoisotopic (exact) mass is 752 g/mol. The number of benzene rings is 2. The van der Waals surface area contributed by atoms with Gasteiger partial charge >= 0.3 is 24.5 Å². The molecule has 2 unspecified atom stereocenters. The molecule has 3 saturated heterocycles. The van der Waals surface area contributed by atoms with Crippen LogP contribution >= 0.6 is 0 Å². The number of rotatable bonds is 6. The number of hydrogen-bond donors (Lipinski definition) is 3. The number of anilines is 1. The molecule has 0 saturated carbocycles. The number of carboxylic acid groups (broad SMARTS) is 1. The van der Waals surface area contributed by atoms with Gasteiger partial charge in [-0.15, -0.1) is 0 Å². The summed E-state index contributed by atoms with van der Waals surface area (Å²) in [6, 6.07) is 6.62. The number of likely N-dealkylation sites (tertiary alicyclic amines) is 3. The molecule has 4 N–H and O–H groups in total. The predicted molar refractivity (Wildman–Crippen MR) is 184 cm³/mol. The summed E-state index contributed by atoms with van der Waals surface area (Å²) in [6.45, 7) is 4.42. The van der Waals surface area contributed by atoms with E-state index in [0.717, 1.165) is 36.4 Å². The molecule has 0 bridgehead atoms. The quantitative estimate of drug-likeness (QED) is 0.299. The fraction of sp³-hybridized carbons (Fsp3) is 0.595. The van der Waals surface area contributed by atoms with Crippen LogP contribution < -0.4 is 11.1 Å². The smallest absolute Gasteiger partial charge is 0.416 e. The maximum atomic E-state index is 14.6. The number of nitrogens with zero attached hydrogens (tertiary/aromatic N) is 4. The molecule has 0 aromatic heterocycles. The van der Waals surface area contributed by atoms with Gasteiger partial charge < -0.3 is 35.8 Å². The molecule has 3 atom stereocenters. The molecule has 0 spiro atoms. The van der Waals surface area contributed by atoms with Gasteiger partial charge in [0.2, 0.25) is 5.91 Å². The van der Waals surface area contributed by atoms with Crippen molar-refractivity contribution in [2.24, 2.45) is 11.7 Å². The van der Waals surface area contributed by atoms with E-state index in [1.807, 2.05) is 19.1 Å². The van der Waals surface area contributed by atoms with Crippen LogP contribution in [0.3, 0.4) is 0 Å². The second kappa shape index (κ2) is 15.0. The number of amides is 4. The molecule has 16 heteroatoms. The third-order valence-electron chi connectivity index (χ3n) is 11.6. The topological polar surface area (TPSA) is 122 Å². The Morgan fingerprint density at radius 3 is 2.11 bits per heavy atom. The molecule has 290 valence electrons. The number of carbonyl (C=O) groups is 3. The summed E-state index contributed by atoms with van der Waals surface area (Å²) in [5.74, 6) is -1.86. The molecule has 0 aliphatic carbocycles. The maximum Gasteiger partial charge on any atom is 0.416 e. The van der Waals surface area contributed by atoms with Crippen molar-refractivity contribution in [1.82, 2.24) is 19.6 Å². The summed E-state index contributed by atoms with van der Waals surface area (Å²) < 4.78 is 83.5. The molecule has 53 heavy (non-hydrogen) atoms. The molecule has 4 aliphatic rings. The standard InChI is InChI=1S/C37H46F6N6O4/c1-35(44)10-16-46(17-11-35)27-7-12-47(13-8-27)32(50)29(20-23-18-25(36(38,39)40)21-26(19-23)37(41,42)43)31-22-28(9-15-49(31)34(52)53)48-14-6-24-4-2-3-5-30(24)45-33(48)51/h2-5,18-19,21,27-29,31H,6-17,20,22,44H2,1H3,(H,45,51)(H,52,53)/t28?,29?,31-/m1/s1. The van der Waals surface area contributed by atoms with Crippen LogP contribution in [0.25, 0.3) is 0 Å². The molecule has 4 amide bonds. The second-order valence-corrected chi connectivity index (χ2v) is 15.2. The molecule has 4 aliphatic heterocycles. The van der Waals surface area contributed by atoms with Crippen LogP contribution in [-0.2, 0) is 30.0 Å². The third-order valence-corrected chi connectivity index (χ3v) is 11.6. The second-order valence-electron chi connectivity index (χ2n) is 15.2. The molecule has 2 aromatic rings. The van der Waals surface area contributed by atoms with Crippen molar-refractivity contribution in [3.05, 3.63) is 64.7 Å². The van der Waals surface area contributed by atoms with Gasteiger partial charge in [-0.25, -0.2) is 9.59 Å². The van der Waals surface area contributed by atoms with Crippen molar-refractivity contribution in [3.8, 4) is 0 Å². The van der Waals surface area contributed by atoms with Gasteiger partial charge in [-0.1, -0.05) is 18.2 Å². The highest BCUT2D eigenvalue weighted by Gasteiger charge is 2.45. The minimum atomic E-state index is -5.10. The lowest BCUT2D eigenvalue weighted by molar-refractivity contribution is -0.143. The van der Waals surface area contributed by atoms with Gasteiger partial charge in [0.25, 0.3) is 0 Å². The number of halogens is 6. The highest BCUT2D eigenvalue weighted by molar-refractivity contribution is 5.91. The minimum Gasteiger partial charge on any atom is -0.465 e. The van der Waals surface area contributed by atoms with E-state index < -0.39 is 65.9 Å². The summed E-state index contributed by atoms with van der Waals surface area (Å²) in [4.78, 5) is 47.3. The normalized spacial score (nSPS) is 23.9. The first-order valence-electron chi connectivity index (χ1n) is 18.1. The number of fused-ring (bicyclic) bond motifs is 1. The number of nitrogens with one attached hydrogen (secondary N) is 1. The molecule has 10 nitrogen and oxygen atoms in total. The van der Waals surface area contributed by atoms with E-state index in [9.17, 15) is 45.8 Å². The molecular formula is C37H46F6N6O4. The third kappa shape index (κ3) is 8.85. The lowest BCUT2D eigenvalue weighted by Crippen LogP contribution is -2.59. The van der Waals surface area contributed by atoms with Gasteiger partial charge in [0.15, 0.2) is 0 Å². The summed E-state index contributed by atoms with van der Waals surface area (Å²) in [5, 5.41) is 13.2. The Labute approximate surface area is 304 Å². The Hall–Kier alpha value is -4.05. The maximum absolute atomic E-state index is 14.6. The van der Waals surface area contributed by atoms with Crippen molar-refractivity contribution in [3.63, 3.8) is 0 Å². The molecule has 4 heterocycles. The number of nitrogens with two attached hydrogens (primary N) is 1. The van der Waals surface area contributed by atoms with Crippen molar-refractivity contribution in [1.29, 1.82) is 0 Å². The van der Waals surface area contributed by atoms with Crippen LogP contribution in [0.1, 0.15) is 67.7 Å². The van der Waals surface area contributed by atoms with Gasteiger partial charge in [-0.3, -0.25) is 4.79 Å². The SMILES string of the molecule is CC1(N)CCN(C2CCN(C(=O)C(Cc3cc(C(F)(F)F)cc(C(F)(F)F)c3)[C@H]3CC(N4CCc5ccccc5NC4=O)CCN3C(=O)O)CC2)CC1. The van der Waals surface area contributed by atoms with E-state index in [-0.39, 0.29) is 42.6 Å². The first-order chi connectivity index (χ1) is 24.9. The Morgan fingerprint density at radius 2 is 1.51 bits per heavy atom. The van der Waals surface area contributed by atoms with Gasteiger partial charge in [0.05, 0.1) is 17.0 Å². The zero-order valence-corrected chi connectivity index (χ0v) is 29.6. The zero-order valence-electron chi connectivity index (χ0n) is 29.6. The number of alkyl halides is 6. The van der Waals surface area contributed by atoms with E-state index >= 15 is 0 Å². The Morgan fingerprint density at radius 1 is 0.906 bits per heavy atom. The average molecular weight is 753 g/mol. The molecular weight excluding hydrogens is 706 g/mol. The lowest BCUT2D eigenvalue weighted by atomic mass is 9.81. The first kappa shape index (κ1) is 38.7. The Balaban J connectivity index is 1.30. The van der Waals surface area contributed by atoms with E-state index in [1.165, 1.54) is 0 Å². The van der Waals surface area contributed by atoms with Gasteiger partial charge in [0.1, 0.15) is 0 Å². The van der Waals surface area contributed by atoms with Crippen LogP contribution in [-0.4, -0.2) is 106 Å². The average Bonchev–Trinajstić information content (AvgIpc) is 3.27. The summed E-state index contributed by atoms with van der Waals surface area (Å²) in [6.07, 6.45) is -8.58. The summed E-state index contributed by atoms with van der Waals surface area (Å²) >= 11 is 0. The number of piperidine rings is 3. The predicted octanol–water partition coefficient (Wildman–Crippen LogP) is 6.29. The van der Waals surface area contributed by atoms with E-state index in [4.69, 9.17) is 5.73 Å². The number of carbonyl (C=O) groups excluding carboxylic acids is 2. The summed E-state index contributed by atoms with van der Waals surface area (Å²) in [7, 11) is 0. The van der Waals surface area contributed by atoms with Crippen LogP contribution in [0.4, 0.5) is 41.6 Å². The van der Waals surface area contributed by atoms with E-state index in [0.29, 0.717) is 56.7 Å². The van der Waals surface area contributed by atoms with Crippen LogP contribution in [0.2, 0.25) is 0 Å². The number of hydrogen-bond acceptors (Lipinski definition) is 5. The highest BCUT2D eigenvalue weighted by atomic mass is 19.4. The highest BCUT2D eigenvalue weighted by Crippen LogP contribution is 2.39. The number of para-hydroxylation sites is 1. The van der Waals surface area contributed by atoms with Crippen molar-refractivity contribution in [2.75, 3.05) is 44.6 Å². The molecule has 0 radical (unpaired) electrons. The first-order valence-corrected chi connectivity index (χ1v) is 18.1. The Kier molecular flexibility index (Phi) is 10.9. The molecule has 6 rings (SSSR count). The van der Waals surface area contributed by atoms with Crippen molar-refractivity contribution in [2.45, 2.75) is 94.3 Å². The minimum absolute atomic E-state index is 0.0281. The lowest BCUT2D eigenvalue weighted by Gasteiger charge is -2.47. The van der Waals surface area contributed by atoms with Crippen LogP contribution in [0.5, 0.6) is 0 Å². The van der Waals surface area contributed by atoms with Crippen LogP contribution in [0, 0.1) is 5.92 Å². The van der Waals surface area contributed by atoms with E-state index in [2.05, 4.69) is 10.2 Å². The van der Waals surface area contributed by atoms with Crippen LogP contribution in [0.15, 0.2) is 42.5 Å². The fourth-order valence-corrected chi connectivity index (χ4v) is 8.48. The zero-order chi connectivity index (χ0) is 38.3. The molecule has 2 aromatic carbocycles. The van der Waals surface area contributed by atoms with Gasteiger partial charge in [-0.2, -0.15) is 26.3 Å². The largest absolute Gasteiger partial charge is 0.465 e.